The second-order valence-electron chi connectivity index (χ2n) is 6.19. The molecule has 0 aromatic heterocycles. The Bertz CT molecular complexity index is 298. The number of allylic oxidation sites excluding steroid dienone is 6. The van der Waals surface area contributed by atoms with Gasteiger partial charge in [0.2, 0.25) is 0 Å². The van der Waals surface area contributed by atoms with Gasteiger partial charge in [-0.3, -0.25) is 0 Å². The molecular formula is C14H22. The summed E-state index contributed by atoms with van der Waals surface area (Å²) in [6.45, 7) is 13.5. The van der Waals surface area contributed by atoms with Crippen LogP contribution in [-0.2, 0) is 0 Å². The summed E-state index contributed by atoms with van der Waals surface area (Å²) >= 11 is 0. The standard InChI is InChI=1S/C14H22/c1-13(2,3)10-11-7-8-12(9-11)14(4,5)6/h7-10H,1-6H3. The molecule has 0 N–H and O–H groups in total. The zero-order valence-electron chi connectivity index (χ0n) is 10.3. The van der Waals surface area contributed by atoms with Crippen molar-refractivity contribution in [2.24, 2.45) is 10.8 Å². The molecule has 0 saturated carbocycles. The first kappa shape index (κ1) is 11.3. The van der Waals surface area contributed by atoms with Crippen LogP contribution in [0.15, 0.2) is 35.5 Å². The molecule has 1 aliphatic rings. The average molecular weight is 190 g/mol. The van der Waals surface area contributed by atoms with Gasteiger partial charge in [0.15, 0.2) is 0 Å². The molecule has 0 unspecified atom stereocenters. The van der Waals surface area contributed by atoms with E-state index in [4.69, 9.17) is 0 Å². The highest BCUT2D eigenvalue weighted by molar-refractivity contribution is 5.48. The average Bonchev–Trinajstić information content (AvgIpc) is 2.29. The first-order valence-corrected chi connectivity index (χ1v) is 5.32. The zero-order valence-corrected chi connectivity index (χ0v) is 10.3. The highest BCUT2D eigenvalue weighted by atomic mass is 14.2. The lowest BCUT2D eigenvalue weighted by atomic mass is 9.87. The first-order valence-electron chi connectivity index (χ1n) is 5.32. The Morgan fingerprint density at radius 2 is 1.50 bits per heavy atom. The maximum Gasteiger partial charge on any atom is -0.0132 e. The molecular weight excluding hydrogens is 168 g/mol. The summed E-state index contributed by atoms with van der Waals surface area (Å²) in [5.74, 6) is 0. The molecule has 0 spiro atoms. The van der Waals surface area contributed by atoms with Crippen molar-refractivity contribution in [1.82, 2.24) is 0 Å². The molecule has 0 radical (unpaired) electrons. The Labute approximate surface area is 88.4 Å². The summed E-state index contributed by atoms with van der Waals surface area (Å²) < 4.78 is 0. The Morgan fingerprint density at radius 3 is 1.86 bits per heavy atom. The Hall–Kier alpha value is -0.780. The van der Waals surface area contributed by atoms with Crippen molar-refractivity contribution in [2.75, 3.05) is 0 Å². The molecule has 0 aliphatic heterocycles. The van der Waals surface area contributed by atoms with Gasteiger partial charge < -0.3 is 0 Å². The van der Waals surface area contributed by atoms with Crippen molar-refractivity contribution >= 4 is 0 Å². The van der Waals surface area contributed by atoms with Gasteiger partial charge in [-0.05, 0) is 22.0 Å². The molecule has 0 heterocycles. The topological polar surface area (TPSA) is 0 Å². The van der Waals surface area contributed by atoms with Gasteiger partial charge in [0.25, 0.3) is 0 Å². The van der Waals surface area contributed by atoms with Gasteiger partial charge in [0.1, 0.15) is 0 Å². The van der Waals surface area contributed by atoms with Crippen molar-refractivity contribution in [1.29, 1.82) is 0 Å². The molecule has 0 aromatic rings. The normalized spacial score (nSPS) is 20.4. The van der Waals surface area contributed by atoms with Gasteiger partial charge in [-0.1, -0.05) is 65.8 Å². The van der Waals surface area contributed by atoms with E-state index < -0.39 is 0 Å². The predicted octanol–water partition coefficient (Wildman–Crippen LogP) is 4.50. The fourth-order valence-electron chi connectivity index (χ4n) is 1.52. The van der Waals surface area contributed by atoms with E-state index in [1.54, 1.807) is 0 Å². The van der Waals surface area contributed by atoms with E-state index in [2.05, 4.69) is 65.8 Å². The minimum absolute atomic E-state index is 0.267. The maximum atomic E-state index is 2.32. The molecule has 0 amide bonds. The van der Waals surface area contributed by atoms with Crippen LogP contribution in [0.5, 0.6) is 0 Å². The Morgan fingerprint density at radius 1 is 0.929 bits per heavy atom. The van der Waals surface area contributed by atoms with Gasteiger partial charge in [0.05, 0.1) is 0 Å². The molecule has 0 bridgehead atoms. The van der Waals surface area contributed by atoms with Crippen LogP contribution >= 0.6 is 0 Å². The molecule has 1 aliphatic carbocycles. The van der Waals surface area contributed by atoms with Gasteiger partial charge in [-0.2, -0.15) is 0 Å². The van der Waals surface area contributed by atoms with Crippen LogP contribution in [0.4, 0.5) is 0 Å². The Balaban J connectivity index is 2.90. The summed E-state index contributed by atoms with van der Waals surface area (Å²) in [4.78, 5) is 0. The smallest absolute Gasteiger partial charge is 0.0132 e. The molecule has 0 fully saturated rings. The molecule has 0 nitrogen and oxygen atoms in total. The highest BCUT2D eigenvalue weighted by Gasteiger charge is 2.18. The lowest BCUT2D eigenvalue weighted by Gasteiger charge is -2.18. The molecule has 14 heavy (non-hydrogen) atoms. The molecule has 1 rings (SSSR count). The Kier molecular flexibility index (Phi) is 2.76. The van der Waals surface area contributed by atoms with E-state index in [1.165, 1.54) is 11.1 Å². The summed E-state index contributed by atoms with van der Waals surface area (Å²) in [6, 6.07) is 0. The zero-order chi connectivity index (χ0) is 11.0. The number of hydrogen-bond donors (Lipinski definition) is 0. The van der Waals surface area contributed by atoms with Crippen molar-refractivity contribution in [3.63, 3.8) is 0 Å². The van der Waals surface area contributed by atoms with E-state index in [9.17, 15) is 0 Å². The fraction of sp³-hybridized carbons (Fsp3) is 0.571. The van der Waals surface area contributed by atoms with Crippen molar-refractivity contribution < 1.29 is 0 Å². The first-order chi connectivity index (χ1) is 6.18. The van der Waals surface area contributed by atoms with E-state index in [1.807, 2.05) is 0 Å². The SMILES string of the molecule is CC(C)(C)C=C1C=CC(C(C)(C)C)=C1. The van der Waals surface area contributed by atoms with E-state index in [-0.39, 0.29) is 10.8 Å². The summed E-state index contributed by atoms with van der Waals surface area (Å²) in [6.07, 6.45) is 9.07. The van der Waals surface area contributed by atoms with E-state index in [0.717, 1.165) is 0 Å². The molecule has 0 heteroatoms. The fourth-order valence-corrected chi connectivity index (χ4v) is 1.52. The van der Waals surface area contributed by atoms with Gasteiger partial charge >= 0.3 is 0 Å². The quantitative estimate of drug-likeness (QED) is 0.527. The minimum atomic E-state index is 0.267. The van der Waals surface area contributed by atoms with Crippen molar-refractivity contribution in [2.45, 2.75) is 41.5 Å². The van der Waals surface area contributed by atoms with Crippen LogP contribution in [0.1, 0.15) is 41.5 Å². The van der Waals surface area contributed by atoms with Crippen LogP contribution in [0, 0.1) is 10.8 Å². The number of hydrogen-bond acceptors (Lipinski definition) is 0. The summed E-state index contributed by atoms with van der Waals surface area (Å²) in [7, 11) is 0. The minimum Gasteiger partial charge on any atom is -0.0719 e. The van der Waals surface area contributed by atoms with Crippen molar-refractivity contribution in [3.8, 4) is 0 Å². The number of rotatable bonds is 0. The second kappa shape index (κ2) is 3.42. The van der Waals surface area contributed by atoms with Crippen LogP contribution in [0.25, 0.3) is 0 Å². The largest absolute Gasteiger partial charge is 0.0719 e. The van der Waals surface area contributed by atoms with Gasteiger partial charge in [-0.25, -0.2) is 0 Å². The van der Waals surface area contributed by atoms with Gasteiger partial charge in [0, 0.05) is 0 Å². The van der Waals surface area contributed by atoms with Crippen molar-refractivity contribution in [3.05, 3.63) is 35.5 Å². The molecule has 78 valence electrons. The molecule has 0 atom stereocenters. The highest BCUT2D eigenvalue weighted by Crippen LogP contribution is 2.32. The van der Waals surface area contributed by atoms with E-state index in [0.29, 0.717) is 0 Å². The van der Waals surface area contributed by atoms with E-state index >= 15 is 0 Å². The third kappa shape index (κ3) is 3.17. The van der Waals surface area contributed by atoms with Crippen LogP contribution < -0.4 is 0 Å². The van der Waals surface area contributed by atoms with Crippen LogP contribution in [-0.4, -0.2) is 0 Å². The molecule has 0 saturated heterocycles. The molecule has 0 aromatic carbocycles. The third-order valence-corrected chi connectivity index (χ3v) is 2.24. The maximum absolute atomic E-state index is 2.32. The van der Waals surface area contributed by atoms with Crippen LogP contribution in [0.3, 0.4) is 0 Å². The van der Waals surface area contributed by atoms with Crippen LogP contribution in [0.2, 0.25) is 0 Å². The lowest BCUT2D eigenvalue weighted by molar-refractivity contribution is 0.518. The summed E-state index contributed by atoms with van der Waals surface area (Å²) in [5, 5.41) is 0. The summed E-state index contributed by atoms with van der Waals surface area (Å²) in [5.41, 5.74) is 3.31. The third-order valence-electron chi connectivity index (χ3n) is 2.24. The monoisotopic (exact) mass is 190 g/mol. The predicted molar refractivity (Wildman–Crippen MR) is 64.2 cm³/mol. The van der Waals surface area contributed by atoms with Gasteiger partial charge in [-0.15, -0.1) is 0 Å². The second-order valence-corrected chi connectivity index (χ2v) is 6.19. The lowest BCUT2D eigenvalue weighted by Crippen LogP contribution is -2.06.